The number of benzene rings is 1. The molecule has 1 N–H and O–H groups in total. The Morgan fingerprint density at radius 1 is 1.14 bits per heavy atom. The second-order valence-electron chi connectivity index (χ2n) is 6.42. The van der Waals surface area contributed by atoms with E-state index in [-0.39, 0.29) is 5.75 Å². The molecule has 0 heterocycles. The van der Waals surface area contributed by atoms with Gasteiger partial charge in [0.25, 0.3) is 0 Å². The Kier molecular flexibility index (Phi) is 5.31. The molecule has 4 heteroatoms. The van der Waals surface area contributed by atoms with E-state index in [9.17, 15) is 8.42 Å². The van der Waals surface area contributed by atoms with Crippen molar-refractivity contribution in [2.75, 3.05) is 11.1 Å². The summed E-state index contributed by atoms with van der Waals surface area (Å²) in [7, 11) is -3.18. The van der Waals surface area contributed by atoms with Crippen molar-refractivity contribution in [1.29, 1.82) is 0 Å². The zero-order valence-corrected chi connectivity index (χ0v) is 14.1. The van der Waals surface area contributed by atoms with E-state index in [1.807, 2.05) is 19.1 Å². The van der Waals surface area contributed by atoms with Crippen LogP contribution in [0.15, 0.2) is 29.2 Å². The molecule has 0 amide bonds. The van der Waals surface area contributed by atoms with E-state index in [4.69, 9.17) is 0 Å². The fourth-order valence-corrected chi connectivity index (χ4v) is 4.64. The number of hydrogen-bond acceptors (Lipinski definition) is 3. The van der Waals surface area contributed by atoms with E-state index in [2.05, 4.69) is 19.2 Å². The van der Waals surface area contributed by atoms with Crippen molar-refractivity contribution >= 4 is 15.5 Å². The molecule has 1 saturated carbocycles. The van der Waals surface area contributed by atoms with Crippen LogP contribution in [0, 0.1) is 11.8 Å². The average molecular weight is 309 g/mol. The number of para-hydroxylation sites is 1. The van der Waals surface area contributed by atoms with Crippen LogP contribution in [0.2, 0.25) is 0 Å². The van der Waals surface area contributed by atoms with Gasteiger partial charge >= 0.3 is 0 Å². The monoisotopic (exact) mass is 309 g/mol. The highest BCUT2D eigenvalue weighted by atomic mass is 32.2. The van der Waals surface area contributed by atoms with Crippen LogP contribution in [-0.4, -0.2) is 20.2 Å². The lowest BCUT2D eigenvalue weighted by Gasteiger charge is -2.33. The summed E-state index contributed by atoms with van der Waals surface area (Å²) in [6.45, 7) is 6.50. The van der Waals surface area contributed by atoms with Crippen LogP contribution in [0.3, 0.4) is 0 Å². The summed E-state index contributed by atoms with van der Waals surface area (Å²) < 4.78 is 24.7. The van der Waals surface area contributed by atoms with Crippen LogP contribution < -0.4 is 5.32 Å². The molecule has 0 bridgehead atoms. The minimum atomic E-state index is -3.18. The third kappa shape index (κ3) is 4.00. The van der Waals surface area contributed by atoms with Crippen molar-refractivity contribution in [2.24, 2.45) is 11.8 Å². The van der Waals surface area contributed by atoms with Gasteiger partial charge in [0.15, 0.2) is 9.84 Å². The van der Waals surface area contributed by atoms with Gasteiger partial charge in [0, 0.05) is 6.04 Å². The van der Waals surface area contributed by atoms with Gasteiger partial charge in [-0.2, -0.15) is 0 Å². The summed E-state index contributed by atoms with van der Waals surface area (Å²) in [5.74, 6) is 1.67. The van der Waals surface area contributed by atoms with Crippen LogP contribution in [0.25, 0.3) is 0 Å². The van der Waals surface area contributed by atoms with Gasteiger partial charge in [-0.15, -0.1) is 0 Å². The predicted molar refractivity (Wildman–Crippen MR) is 88.4 cm³/mol. The van der Waals surface area contributed by atoms with Crippen LogP contribution in [-0.2, 0) is 9.84 Å². The number of sulfone groups is 1. The Bertz CT molecular complexity index is 568. The first-order chi connectivity index (χ1) is 9.94. The molecular weight excluding hydrogens is 282 g/mol. The Morgan fingerprint density at radius 2 is 1.86 bits per heavy atom. The predicted octanol–water partition coefficient (Wildman–Crippen LogP) is 4.11. The highest BCUT2D eigenvalue weighted by Gasteiger charge is 2.26. The highest BCUT2D eigenvalue weighted by molar-refractivity contribution is 7.91. The van der Waals surface area contributed by atoms with E-state index in [1.54, 1.807) is 12.1 Å². The number of nitrogens with one attached hydrogen (secondary N) is 1. The third-order valence-electron chi connectivity index (χ3n) is 4.65. The third-order valence-corrected chi connectivity index (χ3v) is 6.62. The van der Waals surface area contributed by atoms with Crippen molar-refractivity contribution in [1.82, 2.24) is 0 Å². The quantitative estimate of drug-likeness (QED) is 0.890. The summed E-state index contributed by atoms with van der Waals surface area (Å²) in [6, 6.07) is 7.71. The van der Waals surface area contributed by atoms with Crippen molar-refractivity contribution in [3.63, 3.8) is 0 Å². The van der Waals surface area contributed by atoms with Gasteiger partial charge in [-0.25, -0.2) is 8.42 Å². The van der Waals surface area contributed by atoms with Gasteiger partial charge < -0.3 is 5.32 Å². The first-order valence-corrected chi connectivity index (χ1v) is 9.67. The van der Waals surface area contributed by atoms with Crippen LogP contribution in [0.4, 0.5) is 5.69 Å². The molecule has 1 aliphatic carbocycles. The van der Waals surface area contributed by atoms with Gasteiger partial charge in [-0.3, -0.25) is 0 Å². The molecular formula is C17H27NO2S. The molecule has 1 aromatic rings. The molecule has 0 saturated heterocycles. The lowest BCUT2D eigenvalue weighted by atomic mass is 9.79. The Hall–Kier alpha value is -1.03. The highest BCUT2D eigenvalue weighted by Crippen LogP contribution is 2.32. The lowest BCUT2D eigenvalue weighted by molar-refractivity contribution is 0.260. The maximum absolute atomic E-state index is 12.4. The molecule has 21 heavy (non-hydrogen) atoms. The first kappa shape index (κ1) is 16.3. The van der Waals surface area contributed by atoms with Crippen LogP contribution in [0.5, 0.6) is 0 Å². The molecule has 1 fully saturated rings. The van der Waals surface area contributed by atoms with Gasteiger partial charge in [-0.1, -0.05) is 32.9 Å². The molecule has 118 valence electrons. The maximum atomic E-state index is 12.4. The SMILES string of the molecule is CCCS(=O)(=O)c1ccccc1NC1CCC(C)C(C)C1. The fraction of sp³-hybridized carbons (Fsp3) is 0.647. The van der Waals surface area contributed by atoms with Gasteiger partial charge in [0.2, 0.25) is 0 Å². The maximum Gasteiger partial charge on any atom is 0.180 e. The van der Waals surface area contributed by atoms with E-state index in [0.29, 0.717) is 23.3 Å². The molecule has 0 radical (unpaired) electrons. The van der Waals surface area contributed by atoms with Crippen LogP contribution in [0.1, 0.15) is 46.5 Å². The summed E-state index contributed by atoms with van der Waals surface area (Å²) in [5, 5.41) is 3.49. The molecule has 1 aromatic carbocycles. The molecule has 3 nitrogen and oxygen atoms in total. The fourth-order valence-electron chi connectivity index (χ4n) is 3.13. The normalized spacial score (nSPS) is 26.5. The van der Waals surface area contributed by atoms with Gasteiger partial charge in [-0.05, 0) is 49.7 Å². The molecule has 0 spiro atoms. The Labute approximate surface area is 129 Å². The lowest BCUT2D eigenvalue weighted by Crippen LogP contribution is -2.30. The summed E-state index contributed by atoms with van der Waals surface area (Å²) >= 11 is 0. The average Bonchev–Trinajstić information content (AvgIpc) is 2.43. The first-order valence-electron chi connectivity index (χ1n) is 8.02. The van der Waals surface area contributed by atoms with E-state index < -0.39 is 9.84 Å². The zero-order chi connectivity index (χ0) is 15.5. The zero-order valence-electron chi connectivity index (χ0n) is 13.3. The van der Waals surface area contributed by atoms with E-state index in [1.165, 1.54) is 6.42 Å². The summed E-state index contributed by atoms with van der Waals surface area (Å²) in [4.78, 5) is 0.457. The van der Waals surface area contributed by atoms with Crippen molar-refractivity contribution in [2.45, 2.75) is 57.4 Å². The smallest absolute Gasteiger partial charge is 0.180 e. The second kappa shape index (κ2) is 6.82. The summed E-state index contributed by atoms with van der Waals surface area (Å²) in [6.07, 6.45) is 4.09. The molecule has 3 atom stereocenters. The Balaban J connectivity index is 2.18. The standard InChI is InChI=1S/C17H27NO2S/c1-4-11-21(19,20)17-8-6-5-7-16(17)18-15-10-9-13(2)14(3)12-15/h5-8,13-15,18H,4,9-12H2,1-3H3. The minimum absolute atomic E-state index is 0.212. The number of hydrogen-bond donors (Lipinski definition) is 1. The van der Waals surface area contributed by atoms with Crippen molar-refractivity contribution in [3.05, 3.63) is 24.3 Å². The molecule has 1 aliphatic rings. The van der Waals surface area contributed by atoms with Gasteiger partial charge in [0.05, 0.1) is 16.3 Å². The largest absolute Gasteiger partial charge is 0.381 e. The van der Waals surface area contributed by atoms with Gasteiger partial charge in [0.1, 0.15) is 0 Å². The van der Waals surface area contributed by atoms with E-state index in [0.717, 1.165) is 24.4 Å². The molecule has 3 unspecified atom stereocenters. The number of anilines is 1. The minimum Gasteiger partial charge on any atom is -0.381 e. The van der Waals surface area contributed by atoms with Crippen molar-refractivity contribution < 1.29 is 8.42 Å². The summed E-state index contributed by atoms with van der Waals surface area (Å²) in [5.41, 5.74) is 0.776. The van der Waals surface area contributed by atoms with E-state index >= 15 is 0 Å². The second-order valence-corrected chi connectivity index (χ2v) is 8.50. The molecule has 0 aromatic heterocycles. The Morgan fingerprint density at radius 3 is 2.52 bits per heavy atom. The molecule has 0 aliphatic heterocycles. The van der Waals surface area contributed by atoms with Crippen molar-refractivity contribution in [3.8, 4) is 0 Å². The van der Waals surface area contributed by atoms with Crippen LogP contribution >= 0.6 is 0 Å². The number of rotatable bonds is 5. The topological polar surface area (TPSA) is 46.2 Å². The molecule has 2 rings (SSSR count).